The monoisotopic (exact) mass is 385 g/mol. The fourth-order valence-electron chi connectivity index (χ4n) is 3.95. The van der Waals surface area contributed by atoms with Crippen LogP contribution >= 0.6 is 0 Å². The lowest BCUT2D eigenvalue weighted by molar-refractivity contribution is 0.0921. The lowest BCUT2D eigenvalue weighted by Gasteiger charge is -2.18. The average Bonchev–Trinajstić information content (AvgIpc) is 3.32. The molecule has 2 heterocycles. The highest BCUT2D eigenvalue weighted by atomic mass is 16.5. The molecule has 1 aromatic heterocycles. The molecular weight excluding hydrogens is 358 g/mol. The fourth-order valence-corrected chi connectivity index (χ4v) is 3.95. The SMILES string of the molecule is COc1ccc(CN2CC(C)C(NC(=O)c3nocc3C3CC3)C2)c(OC)c1. The van der Waals surface area contributed by atoms with Gasteiger partial charge in [-0.15, -0.1) is 0 Å². The second-order valence-corrected chi connectivity index (χ2v) is 7.82. The Hall–Kier alpha value is -2.54. The van der Waals surface area contributed by atoms with Gasteiger partial charge < -0.3 is 19.3 Å². The number of hydrogen-bond donors (Lipinski definition) is 1. The van der Waals surface area contributed by atoms with E-state index in [9.17, 15) is 4.79 Å². The van der Waals surface area contributed by atoms with E-state index < -0.39 is 0 Å². The Balaban J connectivity index is 1.39. The van der Waals surface area contributed by atoms with Gasteiger partial charge in [-0.2, -0.15) is 0 Å². The van der Waals surface area contributed by atoms with Crippen LogP contribution in [-0.4, -0.2) is 49.3 Å². The number of carbonyl (C=O) groups is 1. The quantitative estimate of drug-likeness (QED) is 0.790. The maximum atomic E-state index is 12.7. The zero-order chi connectivity index (χ0) is 19.7. The van der Waals surface area contributed by atoms with Crippen LogP contribution in [0.15, 0.2) is 29.0 Å². The van der Waals surface area contributed by atoms with Crippen LogP contribution in [-0.2, 0) is 6.54 Å². The molecule has 1 aliphatic carbocycles. The van der Waals surface area contributed by atoms with Gasteiger partial charge in [0.15, 0.2) is 5.69 Å². The summed E-state index contributed by atoms with van der Waals surface area (Å²) in [5.74, 6) is 2.25. The minimum absolute atomic E-state index is 0.0838. The average molecular weight is 385 g/mol. The van der Waals surface area contributed by atoms with Crippen LogP contribution in [0.3, 0.4) is 0 Å². The zero-order valence-corrected chi connectivity index (χ0v) is 16.6. The molecule has 4 rings (SSSR count). The lowest BCUT2D eigenvalue weighted by Crippen LogP contribution is -2.40. The Kier molecular flexibility index (Phi) is 5.26. The Bertz CT molecular complexity index is 846. The van der Waals surface area contributed by atoms with Gasteiger partial charge in [-0.25, -0.2) is 0 Å². The highest BCUT2D eigenvalue weighted by molar-refractivity contribution is 5.94. The van der Waals surface area contributed by atoms with E-state index in [4.69, 9.17) is 14.0 Å². The van der Waals surface area contributed by atoms with Crippen molar-refractivity contribution in [2.45, 2.75) is 38.3 Å². The first-order chi connectivity index (χ1) is 13.6. The Labute approximate surface area is 165 Å². The van der Waals surface area contributed by atoms with E-state index in [1.807, 2.05) is 18.2 Å². The number of ether oxygens (including phenoxy) is 2. The normalized spacial score (nSPS) is 22.2. The molecule has 2 fully saturated rings. The van der Waals surface area contributed by atoms with E-state index in [1.165, 1.54) is 0 Å². The maximum Gasteiger partial charge on any atom is 0.274 e. The van der Waals surface area contributed by atoms with Gasteiger partial charge in [0.1, 0.15) is 17.8 Å². The predicted octanol–water partition coefficient (Wildman–Crippen LogP) is 2.82. The smallest absolute Gasteiger partial charge is 0.274 e. The molecule has 1 saturated heterocycles. The van der Waals surface area contributed by atoms with Crippen molar-refractivity contribution in [2.75, 3.05) is 27.3 Å². The van der Waals surface area contributed by atoms with Crippen molar-refractivity contribution in [3.63, 3.8) is 0 Å². The molecule has 7 heteroatoms. The van der Waals surface area contributed by atoms with Crippen molar-refractivity contribution in [1.82, 2.24) is 15.4 Å². The first-order valence-corrected chi connectivity index (χ1v) is 9.77. The summed E-state index contributed by atoms with van der Waals surface area (Å²) < 4.78 is 15.8. The number of nitrogens with zero attached hydrogens (tertiary/aromatic N) is 2. The molecule has 2 aromatic rings. The number of amides is 1. The molecule has 2 atom stereocenters. The van der Waals surface area contributed by atoms with Crippen molar-refractivity contribution in [1.29, 1.82) is 0 Å². The topological polar surface area (TPSA) is 76.8 Å². The molecule has 7 nitrogen and oxygen atoms in total. The molecule has 1 saturated carbocycles. The second-order valence-electron chi connectivity index (χ2n) is 7.82. The first kappa shape index (κ1) is 18.8. The van der Waals surface area contributed by atoms with Gasteiger partial charge in [0.05, 0.1) is 14.2 Å². The molecule has 2 unspecified atom stereocenters. The first-order valence-electron chi connectivity index (χ1n) is 9.77. The van der Waals surface area contributed by atoms with Crippen LogP contribution in [0.2, 0.25) is 0 Å². The van der Waals surface area contributed by atoms with Crippen LogP contribution < -0.4 is 14.8 Å². The number of aromatic nitrogens is 1. The molecule has 1 aliphatic heterocycles. The molecule has 0 radical (unpaired) electrons. The number of nitrogens with one attached hydrogen (secondary N) is 1. The van der Waals surface area contributed by atoms with Crippen molar-refractivity contribution >= 4 is 5.91 Å². The van der Waals surface area contributed by atoms with E-state index in [0.29, 0.717) is 17.5 Å². The van der Waals surface area contributed by atoms with Gasteiger partial charge in [0, 0.05) is 42.9 Å². The minimum Gasteiger partial charge on any atom is -0.497 e. The second kappa shape index (κ2) is 7.83. The predicted molar refractivity (Wildman–Crippen MR) is 104 cm³/mol. The Morgan fingerprint density at radius 2 is 2.11 bits per heavy atom. The molecule has 2 aliphatic rings. The Morgan fingerprint density at radius 3 is 2.82 bits per heavy atom. The summed E-state index contributed by atoms with van der Waals surface area (Å²) in [5, 5.41) is 7.10. The van der Waals surface area contributed by atoms with Crippen molar-refractivity contribution in [2.24, 2.45) is 5.92 Å². The third kappa shape index (κ3) is 3.85. The molecule has 0 bridgehead atoms. The van der Waals surface area contributed by atoms with Crippen LogP contribution in [0.4, 0.5) is 0 Å². The summed E-state index contributed by atoms with van der Waals surface area (Å²) in [4.78, 5) is 15.0. The van der Waals surface area contributed by atoms with Crippen molar-refractivity contribution in [3.8, 4) is 11.5 Å². The minimum atomic E-state index is -0.128. The highest BCUT2D eigenvalue weighted by Gasteiger charge is 2.35. The number of hydrogen-bond acceptors (Lipinski definition) is 6. The van der Waals surface area contributed by atoms with Gasteiger partial charge in [-0.1, -0.05) is 18.1 Å². The van der Waals surface area contributed by atoms with Crippen LogP contribution in [0.1, 0.15) is 47.3 Å². The van der Waals surface area contributed by atoms with E-state index in [2.05, 4.69) is 22.3 Å². The molecule has 0 spiro atoms. The third-order valence-corrected chi connectivity index (χ3v) is 5.72. The van der Waals surface area contributed by atoms with E-state index in [1.54, 1.807) is 20.5 Å². The molecule has 28 heavy (non-hydrogen) atoms. The number of benzene rings is 1. The summed E-state index contributed by atoms with van der Waals surface area (Å²) in [6, 6.07) is 5.96. The summed E-state index contributed by atoms with van der Waals surface area (Å²) >= 11 is 0. The zero-order valence-electron chi connectivity index (χ0n) is 16.6. The van der Waals surface area contributed by atoms with Crippen molar-refractivity contribution < 1.29 is 18.8 Å². The van der Waals surface area contributed by atoms with Crippen LogP contribution in [0.25, 0.3) is 0 Å². The van der Waals surface area contributed by atoms with E-state index in [-0.39, 0.29) is 11.9 Å². The summed E-state index contributed by atoms with van der Waals surface area (Å²) in [6.45, 7) is 4.63. The summed E-state index contributed by atoms with van der Waals surface area (Å²) in [5.41, 5.74) is 2.50. The highest BCUT2D eigenvalue weighted by Crippen LogP contribution is 2.41. The van der Waals surface area contributed by atoms with Gasteiger partial charge in [-0.3, -0.25) is 9.69 Å². The summed E-state index contributed by atoms with van der Waals surface area (Å²) in [7, 11) is 3.32. The number of carbonyl (C=O) groups excluding carboxylic acids is 1. The summed E-state index contributed by atoms with van der Waals surface area (Å²) in [6.07, 6.45) is 3.84. The maximum absolute atomic E-state index is 12.7. The van der Waals surface area contributed by atoms with Gasteiger partial charge in [-0.05, 0) is 30.7 Å². The third-order valence-electron chi connectivity index (χ3n) is 5.72. The molecule has 1 amide bonds. The fraction of sp³-hybridized carbons (Fsp3) is 0.524. The number of likely N-dealkylation sites (tertiary alicyclic amines) is 1. The van der Waals surface area contributed by atoms with Crippen LogP contribution in [0.5, 0.6) is 11.5 Å². The van der Waals surface area contributed by atoms with E-state index >= 15 is 0 Å². The molecule has 1 N–H and O–H groups in total. The largest absolute Gasteiger partial charge is 0.497 e. The number of methoxy groups -OCH3 is 2. The standard InChI is InChI=1S/C21H27N3O4/c1-13-9-24(10-15-6-7-16(26-2)8-19(15)27-3)11-18(13)22-21(25)20-17(12-28-23-20)14-4-5-14/h6-8,12-14,18H,4-5,9-11H2,1-3H3,(H,22,25). The molecule has 150 valence electrons. The number of rotatable bonds is 7. The molecular formula is C21H27N3O4. The van der Waals surface area contributed by atoms with Gasteiger partial charge in [0.25, 0.3) is 5.91 Å². The van der Waals surface area contributed by atoms with Gasteiger partial charge >= 0.3 is 0 Å². The Morgan fingerprint density at radius 1 is 1.29 bits per heavy atom. The van der Waals surface area contributed by atoms with Crippen molar-refractivity contribution in [3.05, 3.63) is 41.3 Å². The lowest BCUT2D eigenvalue weighted by atomic mass is 10.1. The molecule has 1 aromatic carbocycles. The van der Waals surface area contributed by atoms with Crippen LogP contribution in [0, 0.1) is 5.92 Å². The van der Waals surface area contributed by atoms with E-state index in [0.717, 1.165) is 55.1 Å². The van der Waals surface area contributed by atoms with Gasteiger partial charge in [0.2, 0.25) is 0 Å².